The van der Waals surface area contributed by atoms with Gasteiger partial charge < -0.3 is 15.4 Å². The van der Waals surface area contributed by atoms with Crippen molar-refractivity contribution in [2.24, 2.45) is 5.73 Å². The highest BCUT2D eigenvalue weighted by atomic mass is 16.5. The van der Waals surface area contributed by atoms with E-state index in [1.165, 1.54) is 0 Å². The van der Waals surface area contributed by atoms with Gasteiger partial charge in [-0.25, -0.2) is 9.97 Å². The maximum atomic E-state index is 7.53. The van der Waals surface area contributed by atoms with Crippen LogP contribution in [0.25, 0.3) is 0 Å². The highest BCUT2D eigenvalue weighted by molar-refractivity contribution is 5.97. The predicted octanol–water partition coefficient (Wildman–Crippen LogP) is 0.376. The van der Waals surface area contributed by atoms with Crippen LogP contribution in [0.1, 0.15) is 18.5 Å². The lowest BCUT2D eigenvalue weighted by Gasteiger charge is -2.24. The molecule has 1 aliphatic carbocycles. The van der Waals surface area contributed by atoms with Gasteiger partial charge in [-0.3, -0.25) is 5.41 Å². The number of hydrogen-bond acceptors (Lipinski definition) is 5. The molecular formula is C11H17N5O. The van der Waals surface area contributed by atoms with E-state index in [9.17, 15) is 0 Å². The second kappa shape index (κ2) is 5.09. The van der Waals surface area contributed by atoms with Crippen molar-refractivity contribution in [3.63, 3.8) is 0 Å². The fourth-order valence-electron chi connectivity index (χ4n) is 1.77. The van der Waals surface area contributed by atoms with Crippen molar-refractivity contribution in [1.29, 1.82) is 5.41 Å². The summed E-state index contributed by atoms with van der Waals surface area (Å²) in [4.78, 5) is 10.6. The molecule has 0 bridgehead atoms. The van der Waals surface area contributed by atoms with Crippen molar-refractivity contribution >= 4 is 11.7 Å². The summed E-state index contributed by atoms with van der Waals surface area (Å²) in [5, 5.41) is 7.53. The quantitative estimate of drug-likeness (QED) is 0.549. The zero-order valence-electron chi connectivity index (χ0n) is 9.89. The molecule has 1 aliphatic rings. The number of hydrogen-bond donors (Lipinski definition) is 2. The molecule has 1 aromatic rings. The molecule has 0 aliphatic heterocycles. The largest absolute Gasteiger partial charge is 0.383 e. The molecule has 1 saturated carbocycles. The fourth-order valence-corrected chi connectivity index (χ4v) is 1.77. The molecule has 1 fully saturated rings. The molecule has 3 N–H and O–H groups in total. The average Bonchev–Trinajstić information content (AvgIpc) is 3.14. The van der Waals surface area contributed by atoms with Crippen LogP contribution in [0.4, 0.5) is 5.82 Å². The van der Waals surface area contributed by atoms with Gasteiger partial charge in [-0.05, 0) is 12.8 Å². The van der Waals surface area contributed by atoms with Gasteiger partial charge in [-0.1, -0.05) is 0 Å². The van der Waals surface area contributed by atoms with E-state index in [1.54, 1.807) is 19.5 Å². The van der Waals surface area contributed by atoms with Gasteiger partial charge in [0.1, 0.15) is 11.5 Å². The lowest BCUT2D eigenvalue weighted by Crippen LogP contribution is -2.33. The minimum absolute atomic E-state index is 0.0452. The molecule has 0 saturated heterocycles. The summed E-state index contributed by atoms with van der Waals surface area (Å²) < 4.78 is 5.10. The summed E-state index contributed by atoms with van der Waals surface area (Å²) in [6, 6.07) is 0.486. The number of nitrogens with one attached hydrogen (secondary N) is 1. The number of anilines is 1. The molecule has 92 valence electrons. The summed E-state index contributed by atoms with van der Waals surface area (Å²) in [6.45, 7) is 1.38. The van der Waals surface area contributed by atoms with Gasteiger partial charge in [0, 0.05) is 32.1 Å². The van der Waals surface area contributed by atoms with Crippen molar-refractivity contribution in [2.75, 3.05) is 25.2 Å². The number of methoxy groups -OCH3 is 1. The van der Waals surface area contributed by atoms with Crippen LogP contribution in [0.5, 0.6) is 0 Å². The summed E-state index contributed by atoms with van der Waals surface area (Å²) >= 11 is 0. The Morgan fingerprint density at radius 1 is 1.53 bits per heavy atom. The highest BCUT2D eigenvalue weighted by Crippen LogP contribution is 2.31. The Bertz CT molecular complexity index is 405. The van der Waals surface area contributed by atoms with Crippen molar-refractivity contribution in [2.45, 2.75) is 18.9 Å². The van der Waals surface area contributed by atoms with Gasteiger partial charge in [0.15, 0.2) is 5.82 Å². The van der Waals surface area contributed by atoms with Gasteiger partial charge >= 0.3 is 0 Å². The monoisotopic (exact) mass is 235 g/mol. The summed E-state index contributed by atoms with van der Waals surface area (Å²) in [7, 11) is 1.67. The molecule has 2 rings (SSSR count). The van der Waals surface area contributed by atoms with Crippen LogP contribution in [-0.4, -0.2) is 42.1 Å². The van der Waals surface area contributed by atoms with Gasteiger partial charge in [0.25, 0.3) is 0 Å². The first-order chi connectivity index (χ1) is 8.24. The Morgan fingerprint density at radius 3 is 2.82 bits per heavy atom. The van der Waals surface area contributed by atoms with E-state index in [0.717, 1.165) is 19.4 Å². The second-order valence-electron chi connectivity index (χ2n) is 4.06. The number of nitrogens with zero attached hydrogens (tertiary/aromatic N) is 3. The number of aromatic nitrogens is 2. The lowest BCUT2D eigenvalue weighted by atomic mass is 10.3. The molecule has 1 heterocycles. The van der Waals surface area contributed by atoms with Gasteiger partial charge in [-0.2, -0.15) is 0 Å². The average molecular weight is 235 g/mol. The second-order valence-corrected chi connectivity index (χ2v) is 4.06. The Labute approximate surface area is 100 Å². The first-order valence-electron chi connectivity index (χ1n) is 5.65. The number of amidine groups is 1. The van der Waals surface area contributed by atoms with Crippen LogP contribution < -0.4 is 10.6 Å². The zero-order valence-corrected chi connectivity index (χ0v) is 9.89. The standard InChI is InChI=1S/C11H17N5O/c1-17-7-6-16(8-2-3-8)11-9(10(12)13)14-4-5-15-11/h4-5,8H,2-3,6-7H2,1H3,(H3,12,13). The van der Waals surface area contributed by atoms with Crippen molar-refractivity contribution in [3.8, 4) is 0 Å². The maximum Gasteiger partial charge on any atom is 0.158 e. The van der Waals surface area contributed by atoms with E-state index in [2.05, 4.69) is 14.9 Å². The number of rotatable bonds is 6. The normalized spacial score (nSPS) is 14.6. The molecule has 1 aromatic heterocycles. The maximum absolute atomic E-state index is 7.53. The van der Waals surface area contributed by atoms with Crippen molar-refractivity contribution in [3.05, 3.63) is 18.1 Å². The molecule has 6 nitrogen and oxygen atoms in total. The first-order valence-corrected chi connectivity index (χ1v) is 5.65. The van der Waals surface area contributed by atoms with Crippen molar-refractivity contribution < 1.29 is 4.74 Å². The molecule has 0 unspecified atom stereocenters. The summed E-state index contributed by atoms with van der Waals surface area (Å²) in [6.07, 6.45) is 5.49. The first kappa shape index (κ1) is 11.8. The number of ether oxygens (including phenoxy) is 1. The topological polar surface area (TPSA) is 88.1 Å². The van der Waals surface area contributed by atoms with Crippen molar-refractivity contribution in [1.82, 2.24) is 9.97 Å². The Balaban J connectivity index is 2.25. The number of nitrogen functional groups attached to an aromatic ring is 1. The Kier molecular flexibility index (Phi) is 3.53. The molecule has 17 heavy (non-hydrogen) atoms. The summed E-state index contributed by atoms with van der Waals surface area (Å²) in [5.41, 5.74) is 5.98. The van der Waals surface area contributed by atoms with E-state index in [-0.39, 0.29) is 5.84 Å². The predicted molar refractivity (Wildman–Crippen MR) is 65.3 cm³/mol. The van der Waals surface area contributed by atoms with Crippen LogP contribution in [0.2, 0.25) is 0 Å². The molecule has 0 spiro atoms. The number of nitrogens with two attached hydrogens (primary N) is 1. The third-order valence-electron chi connectivity index (χ3n) is 2.73. The molecule has 6 heteroatoms. The third kappa shape index (κ3) is 2.71. The van der Waals surface area contributed by atoms with Crippen LogP contribution in [0, 0.1) is 5.41 Å². The lowest BCUT2D eigenvalue weighted by molar-refractivity contribution is 0.204. The van der Waals surface area contributed by atoms with E-state index in [1.807, 2.05) is 0 Å². The minimum Gasteiger partial charge on any atom is -0.383 e. The molecule has 0 aromatic carbocycles. The van der Waals surface area contributed by atoms with Crippen LogP contribution in [0.3, 0.4) is 0 Å². The van der Waals surface area contributed by atoms with Crippen LogP contribution >= 0.6 is 0 Å². The third-order valence-corrected chi connectivity index (χ3v) is 2.73. The van der Waals surface area contributed by atoms with E-state index >= 15 is 0 Å². The van der Waals surface area contributed by atoms with E-state index in [4.69, 9.17) is 15.9 Å². The molecule has 0 atom stereocenters. The summed E-state index contributed by atoms with van der Waals surface area (Å²) in [5.74, 6) is 0.649. The van der Waals surface area contributed by atoms with E-state index < -0.39 is 0 Å². The molecule has 0 radical (unpaired) electrons. The molecule has 0 amide bonds. The zero-order chi connectivity index (χ0) is 12.3. The minimum atomic E-state index is -0.0452. The van der Waals surface area contributed by atoms with Crippen LogP contribution in [-0.2, 0) is 4.74 Å². The highest BCUT2D eigenvalue weighted by Gasteiger charge is 2.31. The van der Waals surface area contributed by atoms with Gasteiger partial charge in [0.05, 0.1) is 6.61 Å². The van der Waals surface area contributed by atoms with E-state index in [0.29, 0.717) is 24.2 Å². The van der Waals surface area contributed by atoms with Gasteiger partial charge in [0.2, 0.25) is 0 Å². The fraction of sp³-hybridized carbons (Fsp3) is 0.545. The molecular weight excluding hydrogens is 218 g/mol. The Morgan fingerprint density at radius 2 is 2.24 bits per heavy atom. The smallest absolute Gasteiger partial charge is 0.158 e. The van der Waals surface area contributed by atoms with Crippen LogP contribution in [0.15, 0.2) is 12.4 Å². The SMILES string of the molecule is COCCN(c1nccnc1C(=N)N)C1CC1. The Hall–Kier alpha value is -1.69. The van der Waals surface area contributed by atoms with Gasteiger partial charge in [-0.15, -0.1) is 0 Å².